The second-order valence-electron chi connectivity index (χ2n) is 5.98. The number of aromatic nitrogens is 3. The molecule has 0 spiro atoms. The molecule has 3 rings (SSSR count). The number of β-amino-alcohol motifs (C(OH)–C–C–N with tert-alkyl or cyclic N) is 1. The number of nitrogens with one attached hydrogen (secondary N) is 1. The predicted octanol–water partition coefficient (Wildman–Crippen LogP) is 0.212. The molecule has 1 aliphatic heterocycles. The lowest BCUT2D eigenvalue weighted by Crippen LogP contribution is -2.45. The summed E-state index contributed by atoms with van der Waals surface area (Å²) in [6, 6.07) is 2.90. The average Bonchev–Trinajstić information content (AvgIpc) is 3.14. The molecule has 128 valence electrons. The molecule has 9 heteroatoms. The topological polar surface area (TPSA) is 104 Å². The Kier molecular flexibility index (Phi) is 4.43. The quantitative estimate of drug-likeness (QED) is 0.805. The van der Waals surface area contributed by atoms with E-state index in [1.54, 1.807) is 13.0 Å². The SMILES string of the molecule is Cc1nonc1CC(=O)NC[C@]1(O)CCN(c2ccc(F)cn2)C1. The van der Waals surface area contributed by atoms with E-state index in [0.29, 0.717) is 36.7 Å². The molecule has 3 heterocycles. The van der Waals surface area contributed by atoms with E-state index in [1.807, 2.05) is 4.90 Å². The number of aryl methyl sites for hydroxylation is 1. The number of anilines is 1. The summed E-state index contributed by atoms with van der Waals surface area (Å²) >= 11 is 0. The standard InChI is InChI=1S/C15H18FN5O3/c1-10-12(20-24-19-10)6-14(22)18-8-15(23)4-5-21(9-15)13-3-2-11(16)7-17-13/h2-3,7,23H,4-6,8-9H2,1H3,(H,18,22)/t15-/m1/s1. The highest BCUT2D eigenvalue weighted by molar-refractivity contribution is 5.78. The van der Waals surface area contributed by atoms with Gasteiger partial charge in [0.25, 0.3) is 0 Å². The van der Waals surface area contributed by atoms with Crippen molar-refractivity contribution in [3.63, 3.8) is 0 Å². The van der Waals surface area contributed by atoms with Crippen LogP contribution in [-0.2, 0) is 11.2 Å². The fourth-order valence-electron chi connectivity index (χ4n) is 2.64. The zero-order valence-corrected chi connectivity index (χ0v) is 13.2. The second-order valence-corrected chi connectivity index (χ2v) is 5.98. The van der Waals surface area contributed by atoms with Gasteiger partial charge in [0.15, 0.2) is 0 Å². The Morgan fingerprint density at radius 1 is 1.50 bits per heavy atom. The molecule has 0 aromatic carbocycles. The van der Waals surface area contributed by atoms with Crippen molar-refractivity contribution in [2.75, 3.05) is 24.5 Å². The average molecular weight is 335 g/mol. The molecule has 2 N–H and O–H groups in total. The van der Waals surface area contributed by atoms with E-state index in [2.05, 4.69) is 25.2 Å². The molecular formula is C15H18FN5O3. The molecule has 1 atom stereocenters. The van der Waals surface area contributed by atoms with Crippen molar-refractivity contribution in [3.05, 3.63) is 35.5 Å². The van der Waals surface area contributed by atoms with Gasteiger partial charge in [0.2, 0.25) is 5.91 Å². The van der Waals surface area contributed by atoms with Gasteiger partial charge in [-0.2, -0.15) is 0 Å². The Labute approximate surface area is 137 Å². The molecule has 1 amide bonds. The van der Waals surface area contributed by atoms with Crippen LogP contribution in [0.15, 0.2) is 23.0 Å². The van der Waals surface area contributed by atoms with Crippen LogP contribution in [0.2, 0.25) is 0 Å². The first-order valence-corrected chi connectivity index (χ1v) is 7.59. The Balaban J connectivity index is 1.53. The molecule has 0 aliphatic carbocycles. The number of carbonyl (C=O) groups is 1. The van der Waals surface area contributed by atoms with Crippen LogP contribution >= 0.6 is 0 Å². The van der Waals surface area contributed by atoms with Crippen LogP contribution in [0.3, 0.4) is 0 Å². The molecule has 1 saturated heterocycles. The maximum absolute atomic E-state index is 12.9. The number of amides is 1. The van der Waals surface area contributed by atoms with Crippen LogP contribution < -0.4 is 10.2 Å². The summed E-state index contributed by atoms with van der Waals surface area (Å²) in [5, 5.41) is 20.6. The van der Waals surface area contributed by atoms with Crippen molar-refractivity contribution in [1.29, 1.82) is 0 Å². The maximum Gasteiger partial charge on any atom is 0.226 e. The van der Waals surface area contributed by atoms with Gasteiger partial charge in [0.1, 0.15) is 28.6 Å². The highest BCUT2D eigenvalue weighted by atomic mass is 19.1. The van der Waals surface area contributed by atoms with E-state index in [-0.39, 0.29) is 18.9 Å². The molecule has 1 aliphatic rings. The molecule has 2 aromatic heterocycles. The number of halogens is 1. The lowest BCUT2D eigenvalue weighted by molar-refractivity contribution is -0.121. The van der Waals surface area contributed by atoms with Crippen LogP contribution in [0.1, 0.15) is 17.8 Å². The minimum absolute atomic E-state index is 0.0502. The van der Waals surface area contributed by atoms with Crippen LogP contribution in [0, 0.1) is 12.7 Å². The zero-order valence-electron chi connectivity index (χ0n) is 13.2. The largest absolute Gasteiger partial charge is 0.386 e. The lowest BCUT2D eigenvalue weighted by atomic mass is 10.0. The molecule has 0 saturated carbocycles. The molecule has 0 bridgehead atoms. The van der Waals surface area contributed by atoms with E-state index in [4.69, 9.17) is 0 Å². The normalized spacial score (nSPS) is 20.4. The summed E-state index contributed by atoms with van der Waals surface area (Å²) < 4.78 is 17.5. The first kappa shape index (κ1) is 16.3. The molecular weight excluding hydrogens is 317 g/mol. The number of pyridine rings is 1. The van der Waals surface area contributed by atoms with E-state index < -0.39 is 11.4 Å². The summed E-state index contributed by atoms with van der Waals surface area (Å²) in [7, 11) is 0. The Morgan fingerprint density at radius 2 is 2.33 bits per heavy atom. The summed E-state index contributed by atoms with van der Waals surface area (Å²) in [4.78, 5) is 17.8. The van der Waals surface area contributed by atoms with Gasteiger partial charge in [0, 0.05) is 19.6 Å². The summed E-state index contributed by atoms with van der Waals surface area (Å²) in [5.74, 6) is -0.0679. The summed E-state index contributed by atoms with van der Waals surface area (Å²) in [6.07, 6.45) is 1.67. The third kappa shape index (κ3) is 3.67. The van der Waals surface area contributed by atoms with Gasteiger partial charge in [0.05, 0.1) is 12.6 Å². The van der Waals surface area contributed by atoms with Crippen LogP contribution in [0.5, 0.6) is 0 Å². The zero-order chi connectivity index (χ0) is 17.2. The van der Waals surface area contributed by atoms with Crippen molar-refractivity contribution >= 4 is 11.7 Å². The van der Waals surface area contributed by atoms with Gasteiger partial charge in [-0.25, -0.2) is 14.0 Å². The van der Waals surface area contributed by atoms with Crippen LogP contribution in [0.4, 0.5) is 10.2 Å². The third-order valence-corrected chi connectivity index (χ3v) is 4.06. The minimum atomic E-state index is -1.05. The van der Waals surface area contributed by atoms with Crippen LogP contribution in [0.25, 0.3) is 0 Å². The number of aliphatic hydroxyl groups is 1. The Hall–Kier alpha value is -2.55. The van der Waals surface area contributed by atoms with Gasteiger partial charge in [-0.15, -0.1) is 0 Å². The van der Waals surface area contributed by atoms with E-state index >= 15 is 0 Å². The highest BCUT2D eigenvalue weighted by Gasteiger charge is 2.37. The second kappa shape index (κ2) is 6.52. The van der Waals surface area contributed by atoms with Crippen molar-refractivity contribution in [2.45, 2.75) is 25.4 Å². The lowest BCUT2D eigenvalue weighted by Gasteiger charge is -2.24. The fourth-order valence-corrected chi connectivity index (χ4v) is 2.64. The van der Waals surface area contributed by atoms with Gasteiger partial charge in [-0.3, -0.25) is 4.79 Å². The maximum atomic E-state index is 12.9. The Bertz CT molecular complexity index is 720. The number of nitrogens with zero attached hydrogens (tertiary/aromatic N) is 4. The van der Waals surface area contributed by atoms with Gasteiger partial charge in [-0.05, 0) is 25.5 Å². The molecule has 0 unspecified atom stereocenters. The van der Waals surface area contributed by atoms with E-state index in [0.717, 1.165) is 6.20 Å². The number of rotatable bonds is 5. The third-order valence-electron chi connectivity index (χ3n) is 4.06. The van der Waals surface area contributed by atoms with Gasteiger partial charge < -0.3 is 15.3 Å². The molecule has 2 aromatic rings. The van der Waals surface area contributed by atoms with Crippen LogP contribution in [-0.4, -0.2) is 51.5 Å². The Morgan fingerprint density at radius 3 is 3.00 bits per heavy atom. The van der Waals surface area contributed by atoms with Gasteiger partial charge >= 0.3 is 0 Å². The highest BCUT2D eigenvalue weighted by Crippen LogP contribution is 2.25. The summed E-state index contributed by atoms with van der Waals surface area (Å²) in [5.41, 5.74) is -0.00983. The first-order valence-electron chi connectivity index (χ1n) is 7.59. The minimum Gasteiger partial charge on any atom is -0.386 e. The van der Waals surface area contributed by atoms with Crippen molar-refractivity contribution in [3.8, 4) is 0 Å². The van der Waals surface area contributed by atoms with E-state index in [1.165, 1.54) is 6.07 Å². The molecule has 24 heavy (non-hydrogen) atoms. The van der Waals surface area contributed by atoms with Gasteiger partial charge in [-0.1, -0.05) is 10.3 Å². The summed E-state index contributed by atoms with van der Waals surface area (Å²) in [6.45, 7) is 2.72. The predicted molar refractivity (Wildman–Crippen MR) is 81.7 cm³/mol. The van der Waals surface area contributed by atoms with E-state index in [9.17, 15) is 14.3 Å². The number of hydrogen-bond donors (Lipinski definition) is 2. The molecule has 0 radical (unpaired) electrons. The number of hydrogen-bond acceptors (Lipinski definition) is 7. The van der Waals surface area contributed by atoms with Crippen molar-refractivity contribution in [1.82, 2.24) is 20.6 Å². The smallest absolute Gasteiger partial charge is 0.226 e. The first-order chi connectivity index (χ1) is 11.5. The molecule has 8 nitrogen and oxygen atoms in total. The molecule has 1 fully saturated rings. The monoisotopic (exact) mass is 335 g/mol. The fraction of sp³-hybridized carbons (Fsp3) is 0.467. The number of carbonyl (C=O) groups excluding carboxylic acids is 1. The van der Waals surface area contributed by atoms with Crippen molar-refractivity contribution < 1.29 is 18.9 Å². The van der Waals surface area contributed by atoms with Crippen molar-refractivity contribution in [2.24, 2.45) is 0 Å².